The summed E-state index contributed by atoms with van der Waals surface area (Å²) >= 11 is 0. The molecule has 1 N–H and O–H groups in total. The lowest BCUT2D eigenvalue weighted by Crippen LogP contribution is -2.09. The van der Waals surface area contributed by atoms with E-state index in [4.69, 9.17) is 9.52 Å². The van der Waals surface area contributed by atoms with Crippen LogP contribution in [-0.2, 0) is 6.42 Å². The first-order valence-corrected chi connectivity index (χ1v) is 5.10. The van der Waals surface area contributed by atoms with Gasteiger partial charge in [-0.2, -0.15) is 4.39 Å². The minimum absolute atomic E-state index is 0.161. The molecule has 0 atom stereocenters. The van der Waals surface area contributed by atoms with Crippen molar-refractivity contribution in [3.8, 4) is 5.75 Å². The molecule has 2 rings (SSSR count). The third kappa shape index (κ3) is 1.58. The predicted molar refractivity (Wildman–Crippen MR) is 58.2 cm³/mol. The zero-order valence-corrected chi connectivity index (χ0v) is 9.30. The molecule has 0 unspecified atom stereocenters. The normalized spacial score (nSPS) is 11.1. The Hall–Kier alpha value is -1.91. The fraction of sp³-hybridized carbons (Fsp3) is 0.250. The standard InChI is InChI=1S/C12H10F2O3/c1-3-6-5(2)7-4-8(13)10(15)9(14)11(7)17-12(6)16/h4,15H,3H2,1-2H3. The number of hydrogen-bond acceptors (Lipinski definition) is 3. The topological polar surface area (TPSA) is 50.4 Å². The Morgan fingerprint density at radius 2 is 2.06 bits per heavy atom. The van der Waals surface area contributed by atoms with Crippen LogP contribution in [-0.4, -0.2) is 5.11 Å². The lowest BCUT2D eigenvalue weighted by atomic mass is 10.0. The molecule has 0 saturated carbocycles. The summed E-state index contributed by atoms with van der Waals surface area (Å²) in [5.74, 6) is -3.46. The third-order valence-corrected chi connectivity index (χ3v) is 2.80. The average molecular weight is 240 g/mol. The van der Waals surface area contributed by atoms with Crippen molar-refractivity contribution in [1.29, 1.82) is 0 Å². The van der Waals surface area contributed by atoms with Crippen molar-refractivity contribution in [2.24, 2.45) is 0 Å². The van der Waals surface area contributed by atoms with E-state index in [2.05, 4.69) is 0 Å². The zero-order chi connectivity index (χ0) is 12.7. The van der Waals surface area contributed by atoms with E-state index < -0.39 is 28.6 Å². The van der Waals surface area contributed by atoms with Gasteiger partial charge < -0.3 is 9.52 Å². The fourth-order valence-electron chi connectivity index (χ4n) is 1.85. The van der Waals surface area contributed by atoms with E-state index in [1.807, 2.05) is 0 Å². The van der Waals surface area contributed by atoms with Crippen LogP contribution in [0.15, 0.2) is 15.3 Å². The Labute approximate surface area is 95.3 Å². The van der Waals surface area contributed by atoms with Gasteiger partial charge in [0.15, 0.2) is 17.1 Å². The van der Waals surface area contributed by atoms with Crippen LogP contribution < -0.4 is 5.63 Å². The molecule has 0 fully saturated rings. The van der Waals surface area contributed by atoms with Crippen LogP contribution in [0.3, 0.4) is 0 Å². The molecule has 1 heterocycles. The Morgan fingerprint density at radius 3 is 2.65 bits per heavy atom. The molecule has 5 heteroatoms. The smallest absolute Gasteiger partial charge is 0.339 e. The predicted octanol–water partition coefficient (Wildman–Crippen LogP) is 2.65. The third-order valence-electron chi connectivity index (χ3n) is 2.80. The Kier molecular flexibility index (Phi) is 2.61. The quantitative estimate of drug-likeness (QED) is 0.779. The van der Waals surface area contributed by atoms with Gasteiger partial charge in [0.2, 0.25) is 5.82 Å². The molecule has 1 aromatic carbocycles. The van der Waals surface area contributed by atoms with Crippen molar-refractivity contribution in [3.05, 3.63) is 39.2 Å². The summed E-state index contributed by atoms with van der Waals surface area (Å²) < 4.78 is 31.5. The number of hydrogen-bond donors (Lipinski definition) is 1. The average Bonchev–Trinajstić information content (AvgIpc) is 2.29. The van der Waals surface area contributed by atoms with Crippen molar-refractivity contribution >= 4 is 11.0 Å². The molecule has 90 valence electrons. The summed E-state index contributed by atoms with van der Waals surface area (Å²) in [6.45, 7) is 3.34. The van der Waals surface area contributed by atoms with Crippen molar-refractivity contribution in [2.45, 2.75) is 20.3 Å². The largest absolute Gasteiger partial charge is 0.503 e. The van der Waals surface area contributed by atoms with Gasteiger partial charge in [0.25, 0.3) is 0 Å². The SMILES string of the molecule is CCc1c(C)c2cc(F)c(O)c(F)c2oc1=O. The van der Waals surface area contributed by atoms with Crippen LogP contribution in [0.5, 0.6) is 5.75 Å². The lowest BCUT2D eigenvalue weighted by Gasteiger charge is -2.07. The molecule has 0 radical (unpaired) electrons. The van der Waals surface area contributed by atoms with E-state index >= 15 is 0 Å². The van der Waals surface area contributed by atoms with E-state index in [0.717, 1.165) is 6.07 Å². The van der Waals surface area contributed by atoms with Crippen LogP contribution >= 0.6 is 0 Å². The van der Waals surface area contributed by atoms with Crippen LogP contribution in [0.2, 0.25) is 0 Å². The van der Waals surface area contributed by atoms with Gasteiger partial charge in [-0.25, -0.2) is 9.18 Å². The molecule has 17 heavy (non-hydrogen) atoms. The second-order valence-corrected chi connectivity index (χ2v) is 3.74. The van der Waals surface area contributed by atoms with Crippen molar-refractivity contribution in [3.63, 3.8) is 0 Å². The summed E-state index contributed by atoms with van der Waals surface area (Å²) in [7, 11) is 0. The summed E-state index contributed by atoms with van der Waals surface area (Å²) in [5, 5.41) is 9.26. The number of benzene rings is 1. The van der Waals surface area contributed by atoms with Crippen LogP contribution in [0.4, 0.5) is 8.78 Å². The summed E-state index contributed by atoms with van der Waals surface area (Å²) in [6, 6.07) is 0.963. The Bertz CT molecular complexity index is 659. The molecule has 1 aromatic heterocycles. The molecule has 0 amide bonds. The molecule has 0 spiro atoms. The zero-order valence-electron chi connectivity index (χ0n) is 9.30. The monoisotopic (exact) mass is 240 g/mol. The highest BCUT2D eigenvalue weighted by Gasteiger charge is 2.19. The second kappa shape index (κ2) is 3.84. The molecular weight excluding hydrogens is 230 g/mol. The summed E-state index contributed by atoms with van der Waals surface area (Å²) in [6.07, 6.45) is 0.411. The first-order chi connectivity index (χ1) is 7.97. The number of fused-ring (bicyclic) bond motifs is 1. The second-order valence-electron chi connectivity index (χ2n) is 3.74. The molecular formula is C12H10F2O3. The molecule has 0 aliphatic rings. The van der Waals surface area contributed by atoms with Gasteiger partial charge in [0.05, 0.1) is 0 Å². The maximum absolute atomic E-state index is 13.5. The lowest BCUT2D eigenvalue weighted by molar-refractivity contribution is 0.392. The van der Waals surface area contributed by atoms with E-state index in [1.165, 1.54) is 0 Å². The van der Waals surface area contributed by atoms with Crippen molar-refractivity contribution in [2.75, 3.05) is 0 Å². The Morgan fingerprint density at radius 1 is 1.41 bits per heavy atom. The fourth-order valence-corrected chi connectivity index (χ4v) is 1.85. The number of halogens is 2. The number of phenols is 1. The van der Waals surface area contributed by atoms with Gasteiger partial charge in [-0.3, -0.25) is 0 Å². The van der Waals surface area contributed by atoms with Crippen molar-refractivity contribution < 1.29 is 18.3 Å². The number of aromatic hydroxyl groups is 1. The highest BCUT2D eigenvalue weighted by atomic mass is 19.1. The highest BCUT2D eigenvalue weighted by Crippen LogP contribution is 2.30. The highest BCUT2D eigenvalue weighted by molar-refractivity contribution is 5.83. The molecule has 0 aliphatic heterocycles. The van der Waals surface area contributed by atoms with Gasteiger partial charge in [0.1, 0.15) is 0 Å². The molecule has 0 saturated heterocycles. The van der Waals surface area contributed by atoms with Gasteiger partial charge in [-0.1, -0.05) is 6.92 Å². The molecule has 2 aromatic rings. The maximum atomic E-state index is 13.5. The van der Waals surface area contributed by atoms with E-state index in [0.29, 0.717) is 17.5 Å². The molecule has 0 bridgehead atoms. The molecule has 0 aliphatic carbocycles. The minimum atomic E-state index is -1.25. The number of aryl methyl sites for hydroxylation is 1. The minimum Gasteiger partial charge on any atom is -0.503 e. The first kappa shape index (κ1) is 11.6. The van der Waals surface area contributed by atoms with Gasteiger partial charge in [-0.15, -0.1) is 0 Å². The maximum Gasteiger partial charge on any atom is 0.339 e. The first-order valence-electron chi connectivity index (χ1n) is 5.10. The Balaban J connectivity index is 3.03. The van der Waals surface area contributed by atoms with Crippen LogP contribution in [0, 0.1) is 18.6 Å². The number of phenolic OH excluding ortho intramolecular Hbond substituents is 1. The summed E-state index contributed by atoms with van der Waals surface area (Å²) in [5.41, 5.74) is -0.232. The van der Waals surface area contributed by atoms with E-state index in [1.54, 1.807) is 13.8 Å². The summed E-state index contributed by atoms with van der Waals surface area (Å²) in [4.78, 5) is 11.5. The van der Waals surface area contributed by atoms with Gasteiger partial charge >= 0.3 is 5.63 Å². The van der Waals surface area contributed by atoms with E-state index in [9.17, 15) is 13.6 Å². The number of rotatable bonds is 1. The van der Waals surface area contributed by atoms with Crippen LogP contribution in [0.1, 0.15) is 18.1 Å². The molecule has 3 nitrogen and oxygen atoms in total. The van der Waals surface area contributed by atoms with Crippen LogP contribution in [0.25, 0.3) is 11.0 Å². The van der Waals surface area contributed by atoms with Gasteiger partial charge in [-0.05, 0) is 25.0 Å². The van der Waals surface area contributed by atoms with Crippen molar-refractivity contribution in [1.82, 2.24) is 0 Å². The van der Waals surface area contributed by atoms with E-state index in [-0.39, 0.29) is 5.39 Å². The van der Waals surface area contributed by atoms with Gasteiger partial charge in [0, 0.05) is 10.9 Å².